The molecule has 0 aliphatic carbocycles. The van der Waals surface area contributed by atoms with Gasteiger partial charge in [0, 0.05) is 24.0 Å². The van der Waals surface area contributed by atoms with Crippen LogP contribution in [0.3, 0.4) is 0 Å². The molecule has 6 heteroatoms. The predicted molar refractivity (Wildman–Crippen MR) is 78.2 cm³/mol. The molecule has 0 saturated heterocycles. The minimum atomic E-state index is -0.870. The van der Waals surface area contributed by atoms with E-state index in [2.05, 4.69) is 10.2 Å². The summed E-state index contributed by atoms with van der Waals surface area (Å²) in [5.41, 5.74) is 1.05. The maximum Gasteiger partial charge on any atom is 0.345 e. The first-order valence-electron chi connectivity index (χ1n) is 6.86. The van der Waals surface area contributed by atoms with Crippen LogP contribution in [0, 0.1) is 0 Å². The lowest BCUT2D eigenvalue weighted by Gasteiger charge is -2.26. The summed E-state index contributed by atoms with van der Waals surface area (Å²) in [6, 6.07) is 1.93. The fourth-order valence-electron chi connectivity index (χ4n) is 2.26. The van der Waals surface area contributed by atoms with Gasteiger partial charge in [-0.25, -0.2) is 4.79 Å². The monoisotopic (exact) mass is 296 g/mol. The lowest BCUT2D eigenvalue weighted by atomic mass is 10.1. The molecular formula is C14H20N2O3S. The van der Waals surface area contributed by atoms with E-state index in [1.165, 1.54) is 11.3 Å². The Morgan fingerprint density at radius 2 is 2.30 bits per heavy atom. The minimum absolute atomic E-state index is 0.0384. The maximum atomic E-state index is 11.9. The Hall–Kier alpha value is -1.40. The van der Waals surface area contributed by atoms with Gasteiger partial charge in [-0.05, 0) is 31.4 Å². The van der Waals surface area contributed by atoms with Crippen LogP contribution in [0.4, 0.5) is 0 Å². The Balaban J connectivity index is 1.94. The molecule has 2 N–H and O–H groups in total. The Kier molecular flexibility index (Phi) is 4.77. The molecule has 0 bridgehead atoms. The Labute approximate surface area is 122 Å². The number of carbonyl (C=O) groups excluding carboxylic acids is 1. The molecule has 20 heavy (non-hydrogen) atoms. The van der Waals surface area contributed by atoms with Crippen LogP contribution in [0.5, 0.6) is 0 Å². The fraction of sp³-hybridized carbons (Fsp3) is 0.571. The van der Waals surface area contributed by atoms with Crippen LogP contribution in [0.1, 0.15) is 40.4 Å². The van der Waals surface area contributed by atoms with Gasteiger partial charge in [-0.15, -0.1) is 11.3 Å². The molecule has 1 aliphatic rings. The molecule has 2 rings (SSSR count). The number of rotatable bonds is 5. The van der Waals surface area contributed by atoms with Crippen LogP contribution in [-0.2, 0) is 17.8 Å². The lowest BCUT2D eigenvalue weighted by Crippen LogP contribution is -2.42. The van der Waals surface area contributed by atoms with Crippen LogP contribution in [0.15, 0.2) is 6.07 Å². The average Bonchev–Trinajstić information content (AvgIpc) is 2.81. The number of nitrogens with zero attached hydrogens (tertiary/aromatic N) is 1. The summed E-state index contributed by atoms with van der Waals surface area (Å²) in [6.07, 6.45) is 1.74. The van der Waals surface area contributed by atoms with Crippen LogP contribution < -0.4 is 5.32 Å². The van der Waals surface area contributed by atoms with Gasteiger partial charge in [0.05, 0.1) is 6.54 Å². The molecule has 1 unspecified atom stereocenters. The zero-order valence-corrected chi connectivity index (χ0v) is 12.6. The second-order valence-electron chi connectivity index (χ2n) is 5.20. The van der Waals surface area contributed by atoms with Gasteiger partial charge in [0.25, 0.3) is 0 Å². The number of carbonyl (C=O) groups is 2. The standard InChI is InChI=1S/C14H20N2O3S/c1-3-9(2)15-13(17)8-16-5-4-11-10(7-16)6-12(20-11)14(18)19/h6,9H,3-5,7-8H2,1-2H3,(H,15,17)(H,18,19). The van der Waals surface area contributed by atoms with Gasteiger partial charge >= 0.3 is 5.97 Å². The number of hydrogen-bond acceptors (Lipinski definition) is 4. The molecule has 1 atom stereocenters. The van der Waals surface area contributed by atoms with E-state index in [4.69, 9.17) is 5.11 Å². The molecule has 1 aliphatic heterocycles. The Morgan fingerprint density at radius 3 is 2.95 bits per heavy atom. The van der Waals surface area contributed by atoms with Crippen molar-refractivity contribution in [3.63, 3.8) is 0 Å². The maximum absolute atomic E-state index is 11.9. The molecule has 0 aromatic carbocycles. The molecule has 2 heterocycles. The number of carboxylic acids is 1. The quantitative estimate of drug-likeness (QED) is 0.868. The topological polar surface area (TPSA) is 69.6 Å². The van der Waals surface area contributed by atoms with Gasteiger partial charge in [-0.1, -0.05) is 6.92 Å². The first-order valence-corrected chi connectivity index (χ1v) is 7.67. The summed E-state index contributed by atoms with van der Waals surface area (Å²) in [6.45, 7) is 5.87. The van der Waals surface area contributed by atoms with Crippen LogP contribution in [0.2, 0.25) is 0 Å². The molecule has 0 saturated carbocycles. The third-order valence-corrected chi connectivity index (χ3v) is 4.77. The largest absolute Gasteiger partial charge is 0.477 e. The number of nitrogens with one attached hydrogen (secondary N) is 1. The highest BCUT2D eigenvalue weighted by Crippen LogP contribution is 2.27. The normalized spacial score (nSPS) is 16.5. The third kappa shape index (κ3) is 3.58. The van der Waals surface area contributed by atoms with Crippen molar-refractivity contribution < 1.29 is 14.7 Å². The van der Waals surface area contributed by atoms with Crippen molar-refractivity contribution in [1.82, 2.24) is 10.2 Å². The fourth-order valence-corrected chi connectivity index (χ4v) is 3.26. The lowest BCUT2D eigenvalue weighted by molar-refractivity contribution is -0.123. The smallest absolute Gasteiger partial charge is 0.345 e. The van der Waals surface area contributed by atoms with Gasteiger partial charge in [-0.2, -0.15) is 0 Å². The van der Waals surface area contributed by atoms with Crippen molar-refractivity contribution in [3.8, 4) is 0 Å². The predicted octanol–water partition coefficient (Wildman–Crippen LogP) is 1.72. The van der Waals surface area contributed by atoms with Crippen LogP contribution in [0.25, 0.3) is 0 Å². The number of aromatic carboxylic acids is 1. The van der Waals surface area contributed by atoms with Gasteiger partial charge in [0.15, 0.2) is 0 Å². The molecule has 110 valence electrons. The molecule has 1 aromatic rings. The van der Waals surface area contributed by atoms with Gasteiger partial charge in [0.2, 0.25) is 5.91 Å². The highest BCUT2D eigenvalue weighted by Gasteiger charge is 2.22. The summed E-state index contributed by atoms with van der Waals surface area (Å²) in [7, 11) is 0. The second-order valence-corrected chi connectivity index (χ2v) is 6.34. The van der Waals surface area contributed by atoms with Crippen molar-refractivity contribution in [1.29, 1.82) is 0 Å². The second kappa shape index (κ2) is 6.37. The number of thiophene rings is 1. The molecular weight excluding hydrogens is 276 g/mol. The Bertz CT molecular complexity index is 513. The number of fused-ring (bicyclic) bond motifs is 1. The number of hydrogen-bond donors (Lipinski definition) is 2. The molecule has 1 aromatic heterocycles. The summed E-state index contributed by atoms with van der Waals surface area (Å²) < 4.78 is 0. The van der Waals surface area contributed by atoms with Crippen molar-refractivity contribution in [2.24, 2.45) is 0 Å². The van der Waals surface area contributed by atoms with Crippen molar-refractivity contribution >= 4 is 23.2 Å². The highest BCUT2D eigenvalue weighted by molar-refractivity contribution is 7.14. The van der Waals surface area contributed by atoms with E-state index in [-0.39, 0.29) is 11.9 Å². The molecule has 1 amide bonds. The zero-order valence-electron chi connectivity index (χ0n) is 11.8. The van der Waals surface area contributed by atoms with Gasteiger partial charge in [-0.3, -0.25) is 9.69 Å². The summed E-state index contributed by atoms with van der Waals surface area (Å²) >= 11 is 1.35. The first kappa shape index (κ1) is 15.0. The minimum Gasteiger partial charge on any atom is -0.477 e. The highest BCUT2D eigenvalue weighted by atomic mass is 32.1. The van der Waals surface area contributed by atoms with Crippen molar-refractivity contribution in [2.45, 2.75) is 39.3 Å². The SMILES string of the molecule is CCC(C)NC(=O)CN1CCc2sc(C(=O)O)cc2C1. The average molecular weight is 296 g/mol. The van der Waals surface area contributed by atoms with Crippen molar-refractivity contribution in [2.75, 3.05) is 13.1 Å². The number of amides is 1. The Morgan fingerprint density at radius 1 is 1.55 bits per heavy atom. The molecule has 0 spiro atoms. The number of carboxylic acid groups (broad SMARTS) is 1. The molecule has 5 nitrogen and oxygen atoms in total. The molecule has 0 fully saturated rings. The summed E-state index contributed by atoms with van der Waals surface area (Å²) in [4.78, 5) is 26.4. The van der Waals surface area contributed by atoms with E-state index in [1.807, 2.05) is 13.8 Å². The van der Waals surface area contributed by atoms with E-state index in [9.17, 15) is 9.59 Å². The van der Waals surface area contributed by atoms with E-state index in [1.54, 1.807) is 6.07 Å². The van der Waals surface area contributed by atoms with Gasteiger partial charge in [0.1, 0.15) is 4.88 Å². The zero-order chi connectivity index (χ0) is 14.7. The van der Waals surface area contributed by atoms with Crippen molar-refractivity contribution in [3.05, 3.63) is 21.4 Å². The van der Waals surface area contributed by atoms with Gasteiger partial charge < -0.3 is 10.4 Å². The van der Waals surface area contributed by atoms with E-state index in [0.29, 0.717) is 18.0 Å². The summed E-state index contributed by atoms with van der Waals surface area (Å²) in [5, 5.41) is 12.0. The van der Waals surface area contributed by atoms with Crippen LogP contribution >= 0.6 is 11.3 Å². The van der Waals surface area contributed by atoms with Crippen LogP contribution in [-0.4, -0.2) is 41.0 Å². The molecule has 0 radical (unpaired) electrons. The third-order valence-electron chi connectivity index (χ3n) is 3.54. The van der Waals surface area contributed by atoms with E-state index < -0.39 is 5.97 Å². The van der Waals surface area contributed by atoms with E-state index >= 15 is 0 Å². The summed E-state index contributed by atoms with van der Waals surface area (Å²) in [5.74, 6) is -0.832. The first-order chi connectivity index (χ1) is 9.49. The van der Waals surface area contributed by atoms with E-state index in [0.717, 1.165) is 29.8 Å².